The van der Waals surface area contributed by atoms with E-state index >= 15 is 0 Å². The fourth-order valence-corrected chi connectivity index (χ4v) is 1.85. The van der Waals surface area contributed by atoms with Gasteiger partial charge < -0.3 is 16.0 Å². The van der Waals surface area contributed by atoms with Crippen LogP contribution in [0.25, 0.3) is 0 Å². The molecule has 0 aliphatic rings. The van der Waals surface area contributed by atoms with E-state index in [2.05, 4.69) is 31.0 Å². The molecule has 4 heteroatoms. The summed E-state index contributed by atoms with van der Waals surface area (Å²) >= 11 is 0. The van der Waals surface area contributed by atoms with E-state index in [0.29, 0.717) is 6.42 Å². The van der Waals surface area contributed by atoms with Crippen LogP contribution in [0.5, 0.6) is 0 Å². The fraction of sp³-hybridized carbons (Fsp3) is 0.923. The van der Waals surface area contributed by atoms with Crippen molar-refractivity contribution in [1.29, 1.82) is 0 Å². The number of carbonyl (C=O) groups is 1. The number of amides is 1. The van der Waals surface area contributed by atoms with Crippen molar-refractivity contribution in [1.82, 2.24) is 10.2 Å². The highest BCUT2D eigenvalue weighted by Gasteiger charge is 2.10. The van der Waals surface area contributed by atoms with Crippen LogP contribution in [0.15, 0.2) is 0 Å². The summed E-state index contributed by atoms with van der Waals surface area (Å²) in [6, 6.07) is 0.411. The molecule has 0 saturated carbocycles. The Morgan fingerprint density at radius 3 is 2.35 bits per heavy atom. The van der Waals surface area contributed by atoms with Crippen LogP contribution in [0.3, 0.4) is 0 Å². The van der Waals surface area contributed by atoms with Gasteiger partial charge in [0.2, 0.25) is 5.91 Å². The van der Waals surface area contributed by atoms with Crippen LogP contribution in [0, 0.1) is 0 Å². The topological polar surface area (TPSA) is 58.4 Å². The van der Waals surface area contributed by atoms with E-state index in [4.69, 9.17) is 5.73 Å². The molecule has 0 spiro atoms. The molecule has 2 unspecified atom stereocenters. The van der Waals surface area contributed by atoms with Gasteiger partial charge in [0.15, 0.2) is 0 Å². The van der Waals surface area contributed by atoms with Crippen molar-refractivity contribution in [2.24, 2.45) is 5.73 Å². The number of hydrogen-bond acceptors (Lipinski definition) is 3. The quantitative estimate of drug-likeness (QED) is 0.643. The van der Waals surface area contributed by atoms with Crippen LogP contribution in [0.4, 0.5) is 0 Å². The SMILES string of the molecule is CCN(CC)CC(C)NC(=O)CCCC(C)N. The second kappa shape index (κ2) is 9.42. The maximum atomic E-state index is 11.6. The summed E-state index contributed by atoms with van der Waals surface area (Å²) in [5.41, 5.74) is 5.64. The number of nitrogens with two attached hydrogens (primary N) is 1. The van der Waals surface area contributed by atoms with Crippen molar-refractivity contribution in [2.75, 3.05) is 19.6 Å². The van der Waals surface area contributed by atoms with Gasteiger partial charge in [-0.3, -0.25) is 4.79 Å². The third-order valence-electron chi connectivity index (χ3n) is 2.90. The molecular formula is C13H29N3O. The number of hydrogen-bond donors (Lipinski definition) is 2. The van der Waals surface area contributed by atoms with Crippen molar-refractivity contribution in [3.63, 3.8) is 0 Å². The van der Waals surface area contributed by atoms with Gasteiger partial charge in [-0.05, 0) is 39.8 Å². The lowest BCUT2D eigenvalue weighted by atomic mass is 10.1. The monoisotopic (exact) mass is 243 g/mol. The molecule has 1 amide bonds. The molecular weight excluding hydrogens is 214 g/mol. The van der Waals surface area contributed by atoms with Crippen LogP contribution < -0.4 is 11.1 Å². The van der Waals surface area contributed by atoms with Crippen molar-refractivity contribution in [3.05, 3.63) is 0 Å². The minimum atomic E-state index is 0.144. The average Bonchev–Trinajstić information content (AvgIpc) is 2.25. The molecule has 0 radical (unpaired) electrons. The lowest BCUT2D eigenvalue weighted by Crippen LogP contribution is -2.41. The Labute approximate surface area is 106 Å². The lowest BCUT2D eigenvalue weighted by molar-refractivity contribution is -0.121. The smallest absolute Gasteiger partial charge is 0.220 e. The van der Waals surface area contributed by atoms with Gasteiger partial charge in [0.05, 0.1) is 0 Å². The van der Waals surface area contributed by atoms with Gasteiger partial charge >= 0.3 is 0 Å². The molecule has 0 aliphatic carbocycles. The molecule has 0 fully saturated rings. The minimum Gasteiger partial charge on any atom is -0.352 e. The Balaban J connectivity index is 3.72. The molecule has 0 aromatic rings. The number of nitrogens with one attached hydrogen (secondary N) is 1. The molecule has 3 N–H and O–H groups in total. The molecule has 2 atom stereocenters. The molecule has 0 heterocycles. The molecule has 0 rings (SSSR count). The molecule has 102 valence electrons. The first kappa shape index (κ1) is 16.4. The van der Waals surface area contributed by atoms with Crippen LogP contribution in [-0.2, 0) is 4.79 Å². The predicted molar refractivity (Wildman–Crippen MR) is 72.9 cm³/mol. The summed E-state index contributed by atoms with van der Waals surface area (Å²) in [5, 5.41) is 3.03. The van der Waals surface area contributed by atoms with E-state index in [-0.39, 0.29) is 18.0 Å². The summed E-state index contributed by atoms with van der Waals surface area (Å²) in [6.07, 6.45) is 2.38. The van der Waals surface area contributed by atoms with Gasteiger partial charge in [0, 0.05) is 25.0 Å². The zero-order valence-electron chi connectivity index (χ0n) is 11.8. The van der Waals surface area contributed by atoms with E-state index in [1.807, 2.05) is 6.92 Å². The Morgan fingerprint density at radius 2 is 1.88 bits per heavy atom. The maximum absolute atomic E-state index is 11.6. The fourth-order valence-electron chi connectivity index (χ4n) is 1.85. The van der Waals surface area contributed by atoms with E-state index in [1.54, 1.807) is 0 Å². The van der Waals surface area contributed by atoms with E-state index in [1.165, 1.54) is 0 Å². The zero-order valence-corrected chi connectivity index (χ0v) is 11.8. The average molecular weight is 243 g/mol. The van der Waals surface area contributed by atoms with Crippen molar-refractivity contribution in [2.45, 2.75) is 59.0 Å². The van der Waals surface area contributed by atoms with Gasteiger partial charge in [0.25, 0.3) is 0 Å². The van der Waals surface area contributed by atoms with Gasteiger partial charge in [-0.15, -0.1) is 0 Å². The van der Waals surface area contributed by atoms with Crippen molar-refractivity contribution in [3.8, 4) is 0 Å². The Morgan fingerprint density at radius 1 is 1.29 bits per heavy atom. The number of nitrogens with zero attached hydrogens (tertiary/aromatic N) is 1. The van der Waals surface area contributed by atoms with Crippen LogP contribution >= 0.6 is 0 Å². The van der Waals surface area contributed by atoms with Crippen LogP contribution in [0.1, 0.15) is 47.0 Å². The first-order valence-corrected chi connectivity index (χ1v) is 6.76. The summed E-state index contributed by atoms with van der Waals surface area (Å²) in [5.74, 6) is 0.144. The highest BCUT2D eigenvalue weighted by atomic mass is 16.1. The van der Waals surface area contributed by atoms with Crippen LogP contribution in [0.2, 0.25) is 0 Å². The lowest BCUT2D eigenvalue weighted by Gasteiger charge is -2.23. The van der Waals surface area contributed by atoms with Crippen molar-refractivity contribution >= 4 is 5.91 Å². The minimum absolute atomic E-state index is 0.144. The van der Waals surface area contributed by atoms with Crippen LogP contribution in [-0.4, -0.2) is 42.5 Å². The summed E-state index contributed by atoms with van der Waals surface area (Å²) < 4.78 is 0. The predicted octanol–water partition coefficient (Wildman–Crippen LogP) is 1.35. The molecule has 17 heavy (non-hydrogen) atoms. The Hall–Kier alpha value is -0.610. The first-order chi connectivity index (χ1) is 7.99. The van der Waals surface area contributed by atoms with Crippen molar-refractivity contribution < 1.29 is 4.79 Å². The molecule has 0 aliphatic heterocycles. The summed E-state index contributed by atoms with van der Waals surface area (Å²) in [4.78, 5) is 13.9. The Bertz CT molecular complexity index is 203. The number of rotatable bonds is 9. The normalized spacial score (nSPS) is 14.7. The second-order valence-corrected chi connectivity index (χ2v) is 4.82. The highest BCUT2D eigenvalue weighted by molar-refractivity contribution is 5.76. The first-order valence-electron chi connectivity index (χ1n) is 6.76. The highest BCUT2D eigenvalue weighted by Crippen LogP contribution is 1.99. The summed E-state index contributed by atoms with van der Waals surface area (Å²) in [7, 11) is 0. The third kappa shape index (κ3) is 9.12. The van der Waals surface area contributed by atoms with Gasteiger partial charge in [-0.1, -0.05) is 13.8 Å². The molecule has 4 nitrogen and oxygen atoms in total. The summed E-state index contributed by atoms with van der Waals surface area (Å²) in [6.45, 7) is 11.3. The maximum Gasteiger partial charge on any atom is 0.220 e. The molecule has 0 aromatic carbocycles. The van der Waals surface area contributed by atoms with E-state index in [9.17, 15) is 4.79 Å². The number of likely N-dealkylation sites (N-methyl/N-ethyl adjacent to an activating group) is 1. The molecule has 0 saturated heterocycles. The van der Waals surface area contributed by atoms with E-state index in [0.717, 1.165) is 32.5 Å². The Kier molecular flexibility index (Phi) is 9.09. The second-order valence-electron chi connectivity index (χ2n) is 4.82. The van der Waals surface area contributed by atoms with E-state index < -0.39 is 0 Å². The molecule has 0 aromatic heterocycles. The zero-order chi connectivity index (χ0) is 13.3. The molecule has 0 bridgehead atoms. The largest absolute Gasteiger partial charge is 0.352 e. The third-order valence-corrected chi connectivity index (χ3v) is 2.90. The number of carbonyl (C=O) groups excluding carboxylic acids is 1. The standard InChI is InChI=1S/C13H29N3O/c1-5-16(6-2)10-12(4)15-13(17)9-7-8-11(3)14/h11-12H,5-10,14H2,1-4H3,(H,15,17). The van der Waals surface area contributed by atoms with Gasteiger partial charge in [0.1, 0.15) is 0 Å². The van der Waals surface area contributed by atoms with Gasteiger partial charge in [-0.2, -0.15) is 0 Å². The van der Waals surface area contributed by atoms with Gasteiger partial charge in [-0.25, -0.2) is 0 Å².